The van der Waals surface area contributed by atoms with Gasteiger partial charge in [-0.1, -0.05) is 30.3 Å². The van der Waals surface area contributed by atoms with Crippen LogP contribution >= 0.6 is 0 Å². The number of alkyl halides is 3. The number of amides is 2. The fourth-order valence-corrected chi connectivity index (χ4v) is 3.58. The zero-order chi connectivity index (χ0) is 21.1. The molecule has 29 heavy (non-hydrogen) atoms. The first-order chi connectivity index (χ1) is 13.7. The molecule has 1 saturated heterocycles. The molecule has 1 heterocycles. The summed E-state index contributed by atoms with van der Waals surface area (Å²) in [5.41, 5.74) is 0.465. The van der Waals surface area contributed by atoms with E-state index in [2.05, 4.69) is 16.0 Å². The number of carbonyl (C=O) groups excluding carboxylic acids is 2. The number of nitrogens with one attached hydrogen (secondary N) is 3. The van der Waals surface area contributed by atoms with E-state index in [0.717, 1.165) is 37.6 Å². The lowest BCUT2D eigenvalue weighted by molar-refractivity contribution is -0.130. The molecule has 2 fully saturated rings. The minimum Gasteiger partial charge on any atom is -0.350 e. The molecule has 3 N–H and O–H groups in total. The summed E-state index contributed by atoms with van der Waals surface area (Å²) >= 11 is 0. The van der Waals surface area contributed by atoms with Crippen molar-refractivity contribution in [2.24, 2.45) is 0 Å². The number of benzene rings is 1. The molecule has 0 spiro atoms. The molecule has 1 aliphatic heterocycles. The number of hydrogen-bond acceptors (Lipinski definition) is 3. The minimum atomic E-state index is -4.36. The van der Waals surface area contributed by atoms with Crippen molar-refractivity contribution in [3.8, 4) is 0 Å². The van der Waals surface area contributed by atoms with E-state index in [9.17, 15) is 22.8 Å². The van der Waals surface area contributed by atoms with E-state index in [4.69, 9.17) is 0 Å². The molecule has 0 aromatic heterocycles. The van der Waals surface area contributed by atoms with Crippen LogP contribution in [0.1, 0.15) is 43.7 Å². The van der Waals surface area contributed by atoms with E-state index in [1.165, 1.54) is 0 Å². The smallest absolute Gasteiger partial charge is 0.350 e. The normalized spacial score (nSPS) is 22.1. The number of allylic oxidation sites excluding steroid dienone is 1. The highest BCUT2D eigenvalue weighted by Crippen LogP contribution is 2.48. The molecule has 8 heteroatoms. The van der Waals surface area contributed by atoms with Gasteiger partial charge in [-0.3, -0.25) is 9.59 Å². The molecule has 5 nitrogen and oxygen atoms in total. The summed E-state index contributed by atoms with van der Waals surface area (Å²) in [4.78, 5) is 25.2. The molecular formula is C21H26F3N3O2. The number of piperidine rings is 1. The van der Waals surface area contributed by atoms with Gasteiger partial charge in [0.15, 0.2) is 0 Å². The second kappa shape index (κ2) is 8.57. The molecule has 3 rings (SSSR count). The number of halogens is 3. The Bertz CT molecular complexity index is 764. The fourth-order valence-electron chi connectivity index (χ4n) is 3.58. The van der Waals surface area contributed by atoms with Crippen molar-refractivity contribution >= 4 is 17.9 Å². The van der Waals surface area contributed by atoms with Gasteiger partial charge in [-0.2, -0.15) is 13.2 Å². The Balaban J connectivity index is 1.58. The summed E-state index contributed by atoms with van der Waals surface area (Å²) in [6.45, 7) is 3.34. The van der Waals surface area contributed by atoms with Crippen molar-refractivity contribution in [1.82, 2.24) is 16.0 Å². The third-order valence-electron chi connectivity index (χ3n) is 5.50. The van der Waals surface area contributed by atoms with Crippen molar-refractivity contribution in [2.45, 2.75) is 56.3 Å². The molecule has 0 radical (unpaired) electrons. The van der Waals surface area contributed by atoms with Crippen LogP contribution in [0.4, 0.5) is 13.2 Å². The Hall–Kier alpha value is -2.35. The maximum atomic E-state index is 12.8. The third kappa shape index (κ3) is 5.59. The average molecular weight is 409 g/mol. The summed E-state index contributed by atoms with van der Waals surface area (Å²) in [7, 11) is 0. The molecule has 158 valence electrons. The molecular weight excluding hydrogens is 383 g/mol. The summed E-state index contributed by atoms with van der Waals surface area (Å²) in [6, 6.07) is 5.91. The van der Waals surface area contributed by atoms with Gasteiger partial charge in [-0.15, -0.1) is 0 Å². The van der Waals surface area contributed by atoms with Gasteiger partial charge in [0.05, 0.1) is 5.41 Å². The maximum Gasteiger partial charge on any atom is 0.409 e. The Morgan fingerprint density at radius 1 is 1.24 bits per heavy atom. The van der Waals surface area contributed by atoms with Crippen molar-refractivity contribution in [2.75, 3.05) is 13.1 Å². The largest absolute Gasteiger partial charge is 0.409 e. The standard InChI is InChI=1S/C21H26F3N3O2/c1-14(18(28)27-17-3-2-12-25-13-17)26-19(29)20(10-11-20)16-6-4-15(5-7-16)8-9-21(22,23)24/h4-9,14,17,25H,2-3,10-13H2,1H3,(H,26,29)(H,27,28)/b9-8+/t14-,17+/m0/s1. The van der Waals surface area contributed by atoms with Crippen LogP contribution in [-0.2, 0) is 15.0 Å². The monoisotopic (exact) mass is 409 g/mol. The number of hydrogen-bond donors (Lipinski definition) is 3. The maximum absolute atomic E-state index is 12.8. The third-order valence-corrected chi connectivity index (χ3v) is 5.50. The average Bonchev–Trinajstić information content (AvgIpc) is 3.49. The highest BCUT2D eigenvalue weighted by Gasteiger charge is 2.51. The second-order valence-electron chi connectivity index (χ2n) is 7.83. The zero-order valence-electron chi connectivity index (χ0n) is 16.3. The topological polar surface area (TPSA) is 70.2 Å². The molecule has 2 amide bonds. The van der Waals surface area contributed by atoms with Crippen molar-refractivity contribution < 1.29 is 22.8 Å². The van der Waals surface area contributed by atoms with Gasteiger partial charge in [0, 0.05) is 18.7 Å². The van der Waals surface area contributed by atoms with E-state index in [1.807, 2.05) is 0 Å². The molecule has 0 bridgehead atoms. The predicted molar refractivity (Wildman–Crippen MR) is 104 cm³/mol. The van der Waals surface area contributed by atoms with Crippen LogP contribution in [0.3, 0.4) is 0 Å². The van der Waals surface area contributed by atoms with E-state index in [1.54, 1.807) is 31.2 Å². The van der Waals surface area contributed by atoms with Crippen LogP contribution in [0.5, 0.6) is 0 Å². The van der Waals surface area contributed by atoms with Gasteiger partial charge >= 0.3 is 6.18 Å². The SMILES string of the molecule is C[C@H](NC(=O)C1(c2ccc(/C=C/C(F)(F)F)cc2)CC1)C(=O)N[C@@H]1CCCNC1. The van der Waals surface area contributed by atoms with Gasteiger partial charge in [-0.05, 0) is 50.3 Å². The van der Waals surface area contributed by atoms with Gasteiger partial charge in [0.1, 0.15) is 6.04 Å². The van der Waals surface area contributed by atoms with Crippen LogP contribution in [0.25, 0.3) is 6.08 Å². The number of rotatable bonds is 6. The van der Waals surface area contributed by atoms with E-state index in [0.29, 0.717) is 18.4 Å². The van der Waals surface area contributed by atoms with Gasteiger partial charge in [0.25, 0.3) is 0 Å². The van der Waals surface area contributed by atoms with E-state index >= 15 is 0 Å². The van der Waals surface area contributed by atoms with E-state index < -0.39 is 17.6 Å². The lowest BCUT2D eigenvalue weighted by Gasteiger charge is -2.26. The Kier molecular flexibility index (Phi) is 6.31. The first kappa shape index (κ1) is 21.4. The van der Waals surface area contributed by atoms with Crippen LogP contribution in [0, 0.1) is 0 Å². The summed E-state index contributed by atoms with van der Waals surface area (Å²) < 4.78 is 36.9. The van der Waals surface area contributed by atoms with Crippen molar-refractivity contribution in [3.63, 3.8) is 0 Å². The lowest BCUT2D eigenvalue weighted by Crippen LogP contribution is -2.53. The predicted octanol–water partition coefficient (Wildman–Crippen LogP) is 2.67. The molecule has 1 aromatic rings. The highest BCUT2D eigenvalue weighted by atomic mass is 19.4. The van der Waals surface area contributed by atoms with Crippen molar-refractivity contribution in [1.29, 1.82) is 0 Å². The molecule has 1 saturated carbocycles. The Morgan fingerprint density at radius 2 is 1.93 bits per heavy atom. The lowest BCUT2D eigenvalue weighted by atomic mass is 9.93. The van der Waals surface area contributed by atoms with Crippen molar-refractivity contribution in [3.05, 3.63) is 41.5 Å². The fraction of sp³-hybridized carbons (Fsp3) is 0.524. The molecule has 1 aliphatic carbocycles. The first-order valence-corrected chi connectivity index (χ1v) is 9.88. The zero-order valence-corrected chi connectivity index (χ0v) is 16.3. The summed E-state index contributed by atoms with van der Waals surface area (Å²) in [5.74, 6) is -0.434. The molecule has 1 aromatic carbocycles. The van der Waals surface area contributed by atoms with Gasteiger partial charge in [-0.25, -0.2) is 0 Å². The number of carbonyl (C=O) groups is 2. The second-order valence-corrected chi connectivity index (χ2v) is 7.83. The van der Waals surface area contributed by atoms with Gasteiger partial charge in [0.2, 0.25) is 11.8 Å². The van der Waals surface area contributed by atoms with Crippen LogP contribution < -0.4 is 16.0 Å². The molecule has 2 aliphatic rings. The Labute approximate surface area is 168 Å². The first-order valence-electron chi connectivity index (χ1n) is 9.88. The quantitative estimate of drug-likeness (QED) is 0.677. The highest BCUT2D eigenvalue weighted by molar-refractivity contribution is 5.95. The summed E-state index contributed by atoms with van der Waals surface area (Å²) in [6.07, 6.45) is 0.0384. The molecule has 2 atom stereocenters. The summed E-state index contributed by atoms with van der Waals surface area (Å²) in [5, 5.41) is 8.98. The van der Waals surface area contributed by atoms with Gasteiger partial charge < -0.3 is 16.0 Å². The minimum absolute atomic E-state index is 0.0720. The van der Waals surface area contributed by atoms with Crippen LogP contribution in [-0.4, -0.2) is 43.2 Å². The van der Waals surface area contributed by atoms with E-state index in [-0.39, 0.29) is 23.9 Å². The van der Waals surface area contributed by atoms with Crippen LogP contribution in [0.2, 0.25) is 0 Å². The Morgan fingerprint density at radius 3 is 2.48 bits per heavy atom. The molecule has 0 unspecified atom stereocenters. The van der Waals surface area contributed by atoms with Crippen LogP contribution in [0.15, 0.2) is 30.3 Å².